The van der Waals surface area contributed by atoms with Gasteiger partial charge in [0.25, 0.3) is 0 Å². The molecule has 0 radical (unpaired) electrons. The van der Waals surface area contributed by atoms with Crippen molar-refractivity contribution < 1.29 is 14.7 Å². The number of hydrogen-bond acceptors (Lipinski definition) is 4. The molecule has 0 bridgehead atoms. The van der Waals surface area contributed by atoms with E-state index in [1.165, 1.54) is 11.8 Å². The van der Waals surface area contributed by atoms with Crippen molar-refractivity contribution in [3.05, 3.63) is 58.6 Å². The number of hydrogen-bond donors (Lipinski definition) is 1. The van der Waals surface area contributed by atoms with Gasteiger partial charge in [-0.2, -0.15) is 0 Å². The largest absolute Gasteiger partial charge is 0.490 e. The lowest BCUT2D eigenvalue weighted by Crippen LogP contribution is -2.10. The predicted molar refractivity (Wildman–Crippen MR) is 92.4 cm³/mol. The highest BCUT2D eigenvalue weighted by Gasteiger charge is 2.04. The molecule has 4 nitrogen and oxygen atoms in total. The lowest BCUT2D eigenvalue weighted by molar-refractivity contribution is 0.217. The Morgan fingerprint density at radius 2 is 1.78 bits per heavy atom. The standard InChI is InChI=1S/C18H20ClNO3/c1-13(2)14-3-6-17(7-4-14)22-9-10-23-18-8-5-16(19)11-15(18)12-20-21/h3-8,11-13,21H,9-10H2,1-2H3. The zero-order valence-electron chi connectivity index (χ0n) is 13.2. The summed E-state index contributed by atoms with van der Waals surface area (Å²) in [4.78, 5) is 0. The molecule has 0 heterocycles. The summed E-state index contributed by atoms with van der Waals surface area (Å²) in [5.74, 6) is 1.90. The maximum Gasteiger partial charge on any atom is 0.128 e. The summed E-state index contributed by atoms with van der Waals surface area (Å²) >= 11 is 5.91. The van der Waals surface area contributed by atoms with E-state index in [0.717, 1.165) is 5.75 Å². The Labute approximate surface area is 141 Å². The second-order valence-electron chi connectivity index (χ2n) is 5.35. The lowest BCUT2D eigenvalue weighted by Gasteiger charge is -2.11. The molecule has 0 aromatic heterocycles. The van der Waals surface area contributed by atoms with Crippen LogP contribution in [0.1, 0.15) is 30.9 Å². The fraction of sp³-hybridized carbons (Fsp3) is 0.278. The van der Waals surface area contributed by atoms with Gasteiger partial charge in [-0.05, 0) is 41.8 Å². The van der Waals surface area contributed by atoms with E-state index in [2.05, 4.69) is 31.1 Å². The van der Waals surface area contributed by atoms with E-state index in [-0.39, 0.29) is 0 Å². The fourth-order valence-electron chi connectivity index (χ4n) is 2.07. The zero-order chi connectivity index (χ0) is 16.7. The number of rotatable bonds is 7. The topological polar surface area (TPSA) is 51.0 Å². The molecule has 0 amide bonds. The van der Waals surface area contributed by atoms with Crippen LogP contribution in [0.3, 0.4) is 0 Å². The molecule has 0 fully saturated rings. The molecule has 1 N–H and O–H groups in total. The van der Waals surface area contributed by atoms with Crippen LogP contribution in [0, 0.1) is 0 Å². The summed E-state index contributed by atoms with van der Waals surface area (Å²) in [6.45, 7) is 5.10. The minimum atomic E-state index is 0.375. The van der Waals surface area contributed by atoms with E-state index in [1.54, 1.807) is 18.2 Å². The Morgan fingerprint density at radius 3 is 2.43 bits per heavy atom. The van der Waals surface area contributed by atoms with Crippen LogP contribution in [0.5, 0.6) is 11.5 Å². The molecule has 0 atom stereocenters. The normalized spacial score (nSPS) is 11.1. The smallest absolute Gasteiger partial charge is 0.128 e. The molecule has 0 saturated carbocycles. The first-order valence-corrected chi connectivity index (χ1v) is 7.80. The number of oxime groups is 1. The van der Waals surface area contributed by atoms with E-state index in [0.29, 0.717) is 35.5 Å². The molecule has 0 spiro atoms. The Bertz CT molecular complexity index is 654. The minimum Gasteiger partial charge on any atom is -0.490 e. The summed E-state index contributed by atoms with van der Waals surface area (Å²) in [6, 6.07) is 13.2. The molecule has 0 aliphatic rings. The van der Waals surface area contributed by atoms with Gasteiger partial charge in [0, 0.05) is 10.6 Å². The van der Waals surface area contributed by atoms with E-state index in [4.69, 9.17) is 26.3 Å². The molecule has 122 valence electrons. The van der Waals surface area contributed by atoms with Crippen LogP contribution >= 0.6 is 11.6 Å². The lowest BCUT2D eigenvalue weighted by atomic mass is 10.0. The van der Waals surface area contributed by atoms with Crippen LogP contribution in [0.2, 0.25) is 5.02 Å². The van der Waals surface area contributed by atoms with Gasteiger partial charge in [0.15, 0.2) is 0 Å². The van der Waals surface area contributed by atoms with Crippen molar-refractivity contribution in [3.8, 4) is 11.5 Å². The number of benzene rings is 2. The van der Waals surface area contributed by atoms with Crippen LogP contribution < -0.4 is 9.47 Å². The first-order chi connectivity index (χ1) is 11.1. The van der Waals surface area contributed by atoms with Crippen LogP contribution in [0.15, 0.2) is 47.6 Å². The monoisotopic (exact) mass is 333 g/mol. The van der Waals surface area contributed by atoms with E-state index in [1.807, 2.05) is 12.1 Å². The molecule has 0 unspecified atom stereocenters. The van der Waals surface area contributed by atoms with E-state index in [9.17, 15) is 0 Å². The van der Waals surface area contributed by atoms with Crippen molar-refractivity contribution in [2.75, 3.05) is 13.2 Å². The Hall–Kier alpha value is -2.20. The zero-order valence-corrected chi connectivity index (χ0v) is 14.0. The van der Waals surface area contributed by atoms with Crippen molar-refractivity contribution in [1.29, 1.82) is 0 Å². The van der Waals surface area contributed by atoms with Crippen LogP contribution in [0.4, 0.5) is 0 Å². The van der Waals surface area contributed by atoms with Crippen molar-refractivity contribution in [2.24, 2.45) is 5.16 Å². The van der Waals surface area contributed by atoms with Gasteiger partial charge in [0.05, 0.1) is 6.21 Å². The number of nitrogens with zero attached hydrogens (tertiary/aromatic N) is 1. The average molecular weight is 334 g/mol. The molecule has 2 rings (SSSR count). The second kappa shape index (κ2) is 8.44. The van der Waals surface area contributed by atoms with Crippen LogP contribution in [-0.2, 0) is 0 Å². The maximum absolute atomic E-state index is 8.66. The van der Waals surface area contributed by atoms with Gasteiger partial charge in [-0.15, -0.1) is 0 Å². The van der Waals surface area contributed by atoms with Gasteiger partial charge in [0.2, 0.25) is 0 Å². The van der Waals surface area contributed by atoms with Gasteiger partial charge in [-0.25, -0.2) is 0 Å². The third-order valence-corrected chi connectivity index (χ3v) is 3.56. The number of halogens is 1. The van der Waals surface area contributed by atoms with E-state index >= 15 is 0 Å². The highest BCUT2D eigenvalue weighted by Crippen LogP contribution is 2.22. The van der Waals surface area contributed by atoms with Gasteiger partial charge in [0.1, 0.15) is 24.7 Å². The summed E-state index contributed by atoms with van der Waals surface area (Å²) in [6.07, 6.45) is 1.28. The first-order valence-electron chi connectivity index (χ1n) is 7.42. The van der Waals surface area contributed by atoms with Crippen LogP contribution in [0.25, 0.3) is 0 Å². The van der Waals surface area contributed by atoms with Gasteiger partial charge >= 0.3 is 0 Å². The third kappa shape index (κ3) is 5.18. The molecule has 2 aromatic carbocycles. The molecular formula is C18H20ClNO3. The van der Waals surface area contributed by atoms with Gasteiger partial charge < -0.3 is 14.7 Å². The molecule has 23 heavy (non-hydrogen) atoms. The van der Waals surface area contributed by atoms with Crippen LogP contribution in [-0.4, -0.2) is 24.6 Å². The summed E-state index contributed by atoms with van der Waals surface area (Å²) < 4.78 is 11.3. The predicted octanol–water partition coefficient (Wildman–Crippen LogP) is 4.73. The van der Waals surface area contributed by atoms with Crippen molar-refractivity contribution in [1.82, 2.24) is 0 Å². The summed E-state index contributed by atoms with van der Waals surface area (Å²) in [7, 11) is 0. The SMILES string of the molecule is CC(C)c1ccc(OCCOc2ccc(Cl)cc2C=NO)cc1. The highest BCUT2D eigenvalue weighted by molar-refractivity contribution is 6.30. The molecule has 2 aromatic rings. The maximum atomic E-state index is 8.66. The number of ether oxygens (including phenoxy) is 2. The minimum absolute atomic E-state index is 0.375. The first kappa shape index (κ1) is 17.2. The van der Waals surface area contributed by atoms with E-state index < -0.39 is 0 Å². The molecule has 0 saturated heterocycles. The molecule has 0 aliphatic carbocycles. The molecule has 5 heteroatoms. The average Bonchev–Trinajstić information content (AvgIpc) is 2.54. The summed E-state index contributed by atoms with van der Waals surface area (Å²) in [5, 5.41) is 12.2. The highest BCUT2D eigenvalue weighted by atomic mass is 35.5. The Morgan fingerprint density at radius 1 is 1.09 bits per heavy atom. The van der Waals surface area contributed by atoms with Crippen molar-refractivity contribution >= 4 is 17.8 Å². The summed E-state index contributed by atoms with van der Waals surface area (Å²) in [5.41, 5.74) is 1.89. The quantitative estimate of drug-likeness (QED) is 0.345. The van der Waals surface area contributed by atoms with Gasteiger partial charge in [-0.3, -0.25) is 0 Å². The Kier molecular flexibility index (Phi) is 6.29. The fourth-order valence-corrected chi connectivity index (χ4v) is 2.25. The second-order valence-corrected chi connectivity index (χ2v) is 5.78. The Balaban J connectivity index is 1.86. The van der Waals surface area contributed by atoms with Crippen molar-refractivity contribution in [3.63, 3.8) is 0 Å². The van der Waals surface area contributed by atoms with Gasteiger partial charge in [-0.1, -0.05) is 42.7 Å². The molecular weight excluding hydrogens is 314 g/mol. The molecule has 0 aliphatic heterocycles. The third-order valence-electron chi connectivity index (χ3n) is 3.33. The van der Waals surface area contributed by atoms with Crippen molar-refractivity contribution in [2.45, 2.75) is 19.8 Å².